The normalized spacial score (nSPS) is 27.2. The van der Waals surface area contributed by atoms with Gasteiger partial charge in [0, 0.05) is 31.9 Å². The molecule has 26 heavy (non-hydrogen) atoms. The zero-order valence-corrected chi connectivity index (χ0v) is 15.1. The van der Waals surface area contributed by atoms with Gasteiger partial charge in [0.25, 0.3) is 11.5 Å². The summed E-state index contributed by atoms with van der Waals surface area (Å²) < 4.78 is 5.36. The van der Waals surface area contributed by atoms with Crippen molar-refractivity contribution < 1.29 is 14.6 Å². The van der Waals surface area contributed by atoms with Crippen LogP contribution in [0.3, 0.4) is 0 Å². The summed E-state index contributed by atoms with van der Waals surface area (Å²) >= 11 is 0. The number of aliphatic hydroxyl groups excluding tert-OH is 1. The number of aromatic amines is 1. The molecule has 1 aromatic heterocycles. The molecule has 2 fully saturated rings. The van der Waals surface area contributed by atoms with Crippen molar-refractivity contribution in [2.75, 3.05) is 39.4 Å². The molecule has 3 heterocycles. The van der Waals surface area contributed by atoms with Crippen LogP contribution in [0.4, 0.5) is 0 Å². The van der Waals surface area contributed by atoms with Gasteiger partial charge < -0.3 is 19.7 Å². The monoisotopic (exact) mass is 361 g/mol. The summed E-state index contributed by atoms with van der Waals surface area (Å²) in [5.74, 6) is -0.176. The molecule has 0 radical (unpaired) electrons. The van der Waals surface area contributed by atoms with Gasteiger partial charge in [-0.1, -0.05) is 0 Å². The summed E-state index contributed by atoms with van der Waals surface area (Å²) in [7, 11) is 0. The topological polar surface area (TPSA) is 85.9 Å². The van der Waals surface area contributed by atoms with Crippen LogP contribution in [0, 0.1) is 0 Å². The Morgan fingerprint density at radius 2 is 1.96 bits per heavy atom. The number of nitrogens with zero attached hydrogens (tertiary/aromatic N) is 2. The molecule has 0 spiro atoms. The van der Waals surface area contributed by atoms with Crippen LogP contribution < -0.4 is 5.56 Å². The fraction of sp³-hybridized carbons (Fsp3) is 0.684. The minimum absolute atomic E-state index is 0.0113. The molecule has 0 bridgehead atoms. The minimum atomic E-state index is -0.458. The Morgan fingerprint density at radius 1 is 1.12 bits per heavy atom. The summed E-state index contributed by atoms with van der Waals surface area (Å²) in [6.45, 7) is 3.65. The lowest BCUT2D eigenvalue weighted by Crippen LogP contribution is -2.45. The van der Waals surface area contributed by atoms with E-state index in [2.05, 4.69) is 9.88 Å². The van der Waals surface area contributed by atoms with Crippen LogP contribution in [0.2, 0.25) is 0 Å². The lowest BCUT2D eigenvalue weighted by atomic mass is 9.95. The van der Waals surface area contributed by atoms with Crippen molar-refractivity contribution in [3.63, 3.8) is 0 Å². The van der Waals surface area contributed by atoms with Gasteiger partial charge in [-0.15, -0.1) is 0 Å². The van der Waals surface area contributed by atoms with E-state index in [9.17, 15) is 14.7 Å². The molecule has 142 valence electrons. The Kier molecular flexibility index (Phi) is 5.11. The van der Waals surface area contributed by atoms with Crippen LogP contribution >= 0.6 is 0 Å². The molecule has 1 aromatic rings. The first-order valence-corrected chi connectivity index (χ1v) is 9.67. The van der Waals surface area contributed by atoms with Gasteiger partial charge in [0.2, 0.25) is 0 Å². The molecular weight excluding hydrogens is 334 g/mol. The number of H-pyrrole nitrogens is 1. The molecule has 4 rings (SSSR count). The van der Waals surface area contributed by atoms with Crippen LogP contribution in [0.25, 0.3) is 0 Å². The molecule has 0 unspecified atom stereocenters. The predicted octanol–water partition coefficient (Wildman–Crippen LogP) is 0.161. The van der Waals surface area contributed by atoms with E-state index in [1.54, 1.807) is 4.90 Å². The molecule has 2 aliphatic heterocycles. The highest BCUT2D eigenvalue weighted by Crippen LogP contribution is 2.20. The zero-order chi connectivity index (χ0) is 18.1. The highest BCUT2D eigenvalue weighted by molar-refractivity contribution is 5.94. The van der Waals surface area contributed by atoms with Gasteiger partial charge in [-0.3, -0.25) is 14.5 Å². The first-order chi connectivity index (χ1) is 12.6. The average Bonchev–Trinajstić information content (AvgIpc) is 2.92. The summed E-state index contributed by atoms with van der Waals surface area (Å²) in [5, 5.41) is 10.0. The minimum Gasteiger partial charge on any atom is -0.389 e. The molecule has 7 nitrogen and oxygen atoms in total. The molecule has 3 aliphatic rings. The van der Waals surface area contributed by atoms with Crippen LogP contribution in [0.15, 0.2) is 10.9 Å². The molecule has 0 aromatic carbocycles. The average molecular weight is 361 g/mol. The second-order valence-corrected chi connectivity index (χ2v) is 7.58. The number of rotatable bonds is 2. The number of ether oxygens (including phenoxy) is 1. The smallest absolute Gasteiger partial charge is 0.261 e. The molecule has 1 aliphatic carbocycles. The number of amides is 1. The molecule has 1 amide bonds. The van der Waals surface area contributed by atoms with Crippen molar-refractivity contribution in [1.82, 2.24) is 14.8 Å². The van der Waals surface area contributed by atoms with E-state index in [1.807, 2.05) is 6.07 Å². The molecule has 7 heteroatoms. The van der Waals surface area contributed by atoms with Crippen LogP contribution in [-0.2, 0) is 17.6 Å². The Morgan fingerprint density at radius 3 is 2.77 bits per heavy atom. The number of carbonyl (C=O) groups excluding carboxylic acids is 1. The third-order valence-corrected chi connectivity index (χ3v) is 5.88. The van der Waals surface area contributed by atoms with Crippen LogP contribution in [0.1, 0.15) is 40.9 Å². The SMILES string of the molecule is O=C(c1cc2c([nH]c1=O)CCCC2)N1CCCN([C@H]2COC[C@@H]2O)CC1. The Labute approximate surface area is 152 Å². The van der Waals surface area contributed by atoms with Crippen molar-refractivity contribution in [3.8, 4) is 0 Å². The second-order valence-electron chi connectivity index (χ2n) is 7.58. The van der Waals surface area contributed by atoms with Gasteiger partial charge >= 0.3 is 0 Å². The second kappa shape index (κ2) is 7.50. The number of fused-ring (bicyclic) bond motifs is 1. The van der Waals surface area contributed by atoms with E-state index in [0.717, 1.165) is 49.9 Å². The van der Waals surface area contributed by atoms with E-state index in [-0.39, 0.29) is 23.1 Å². The number of aromatic nitrogens is 1. The maximum absolute atomic E-state index is 13.0. The number of hydrogen-bond donors (Lipinski definition) is 2. The fourth-order valence-electron chi connectivity index (χ4n) is 4.36. The number of carbonyl (C=O) groups is 1. The van der Waals surface area contributed by atoms with Gasteiger partial charge in [-0.05, 0) is 43.7 Å². The van der Waals surface area contributed by atoms with Crippen molar-refractivity contribution >= 4 is 5.91 Å². The van der Waals surface area contributed by atoms with E-state index in [1.165, 1.54) is 0 Å². The van der Waals surface area contributed by atoms with Crippen LogP contribution in [0.5, 0.6) is 0 Å². The highest BCUT2D eigenvalue weighted by Gasteiger charge is 2.33. The van der Waals surface area contributed by atoms with Gasteiger partial charge in [0.15, 0.2) is 0 Å². The van der Waals surface area contributed by atoms with Crippen LogP contribution in [-0.4, -0.2) is 77.3 Å². The van der Waals surface area contributed by atoms with E-state index in [4.69, 9.17) is 4.74 Å². The fourth-order valence-corrected chi connectivity index (χ4v) is 4.36. The molecule has 0 saturated carbocycles. The predicted molar refractivity (Wildman–Crippen MR) is 96.4 cm³/mol. The quantitative estimate of drug-likeness (QED) is 0.784. The van der Waals surface area contributed by atoms with E-state index in [0.29, 0.717) is 32.8 Å². The highest BCUT2D eigenvalue weighted by atomic mass is 16.5. The van der Waals surface area contributed by atoms with Gasteiger partial charge in [0.05, 0.1) is 25.4 Å². The molecule has 2 N–H and O–H groups in total. The molecule has 2 atom stereocenters. The Bertz CT molecular complexity index is 732. The first-order valence-electron chi connectivity index (χ1n) is 9.67. The van der Waals surface area contributed by atoms with Crippen molar-refractivity contribution in [1.29, 1.82) is 0 Å². The van der Waals surface area contributed by atoms with Gasteiger partial charge in [0.1, 0.15) is 5.56 Å². The van der Waals surface area contributed by atoms with Crippen molar-refractivity contribution in [2.45, 2.75) is 44.2 Å². The maximum atomic E-state index is 13.0. The Balaban J connectivity index is 1.48. The van der Waals surface area contributed by atoms with Crippen molar-refractivity contribution in [2.24, 2.45) is 0 Å². The van der Waals surface area contributed by atoms with Crippen molar-refractivity contribution in [3.05, 3.63) is 33.2 Å². The number of pyridine rings is 1. The number of aliphatic hydroxyl groups is 1. The van der Waals surface area contributed by atoms with Gasteiger partial charge in [-0.2, -0.15) is 0 Å². The molecular formula is C19H27N3O4. The van der Waals surface area contributed by atoms with E-state index >= 15 is 0 Å². The van der Waals surface area contributed by atoms with E-state index < -0.39 is 6.10 Å². The lowest BCUT2D eigenvalue weighted by Gasteiger charge is -2.28. The standard InChI is InChI=1S/C19H27N3O4/c23-17-12-26-11-16(17)21-6-3-7-22(9-8-21)19(25)14-10-13-4-1-2-5-15(13)20-18(14)24/h10,16-17,23H,1-9,11-12H2,(H,20,24)/t16-,17-/m0/s1. The maximum Gasteiger partial charge on any atom is 0.261 e. The summed E-state index contributed by atoms with van der Waals surface area (Å²) in [5.41, 5.74) is 2.11. The summed E-state index contributed by atoms with van der Waals surface area (Å²) in [4.78, 5) is 32.3. The number of nitrogens with one attached hydrogen (secondary N) is 1. The molecule has 2 saturated heterocycles. The third-order valence-electron chi connectivity index (χ3n) is 5.88. The largest absolute Gasteiger partial charge is 0.389 e. The van der Waals surface area contributed by atoms with Gasteiger partial charge in [-0.25, -0.2) is 0 Å². The lowest BCUT2D eigenvalue weighted by molar-refractivity contribution is 0.0723. The first kappa shape index (κ1) is 17.7. The summed E-state index contributed by atoms with van der Waals surface area (Å²) in [6.07, 6.45) is 4.40. The Hall–Kier alpha value is -1.70. The number of hydrogen-bond acceptors (Lipinski definition) is 5. The third kappa shape index (κ3) is 3.43. The summed E-state index contributed by atoms with van der Waals surface area (Å²) in [6, 6.07) is 1.82. The number of aryl methyl sites for hydroxylation is 2. The zero-order valence-electron chi connectivity index (χ0n) is 15.1.